The van der Waals surface area contributed by atoms with Gasteiger partial charge in [-0.1, -0.05) is 12.1 Å². The van der Waals surface area contributed by atoms with Gasteiger partial charge < -0.3 is 4.74 Å². The SMILES string of the molecule is COc1cccc(CCN2CC[C@@H]3C[C@@]32C)c1. The van der Waals surface area contributed by atoms with Crippen LogP contribution >= 0.6 is 0 Å². The molecule has 0 aromatic heterocycles. The molecule has 2 aliphatic rings. The van der Waals surface area contributed by atoms with Crippen molar-refractivity contribution in [3.63, 3.8) is 0 Å². The molecule has 2 nitrogen and oxygen atoms in total. The van der Waals surface area contributed by atoms with Crippen molar-refractivity contribution in [1.82, 2.24) is 4.90 Å². The maximum atomic E-state index is 5.26. The third-order valence-corrected chi connectivity index (χ3v) is 4.65. The van der Waals surface area contributed by atoms with Gasteiger partial charge in [-0.3, -0.25) is 4.90 Å². The van der Waals surface area contributed by atoms with Crippen LogP contribution in [-0.4, -0.2) is 30.6 Å². The van der Waals surface area contributed by atoms with Crippen molar-refractivity contribution in [3.05, 3.63) is 29.8 Å². The molecule has 1 aliphatic heterocycles. The first-order valence-corrected chi connectivity index (χ1v) is 6.60. The van der Waals surface area contributed by atoms with Gasteiger partial charge in [0.25, 0.3) is 0 Å². The molecule has 2 heteroatoms. The Morgan fingerprint density at radius 2 is 2.35 bits per heavy atom. The Morgan fingerprint density at radius 3 is 3.00 bits per heavy atom. The van der Waals surface area contributed by atoms with Crippen molar-refractivity contribution in [2.45, 2.75) is 31.7 Å². The lowest BCUT2D eigenvalue weighted by Crippen LogP contribution is -2.33. The topological polar surface area (TPSA) is 12.5 Å². The molecule has 0 spiro atoms. The molecule has 3 rings (SSSR count). The molecule has 17 heavy (non-hydrogen) atoms. The maximum absolute atomic E-state index is 5.26. The number of piperidine rings is 1. The molecule has 1 aliphatic carbocycles. The highest BCUT2D eigenvalue weighted by Crippen LogP contribution is 2.55. The first-order valence-electron chi connectivity index (χ1n) is 6.60. The zero-order valence-corrected chi connectivity index (χ0v) is 10.8. The summed E-state index contributed by atoms with van der Waals surface area (Å²) in [5.74, 6) is 1.97. The predicted molar refractivity (Wildman–Crippen MR) is 69.4 cm³/mol. The van der Waals surface area contributed by atoms with E-state index < -0.39 is 0 Å². The summed E-state index contributed by atoms with van der Waals surface area (Å²) in [6.07, 6.45) is 3.97. The minimum Gasteiger partial charge on any atom is -0.497 e. The molecule has 1 saturated heterocycles. The van der Waals surface area contributed by atoms with Crippen LogP contribution in [0.3, 0.4) is 0 Å². The monoisotopic (exact) mass is 231 g/mol. The summed E-state index contributed by atoms with van der Waals surface area (Å²) in [5, 5.41) is 0. The molecule has 1 aromatic rings. The van der Waals surface area contributed by atoms with E-state index in [4.69, 9.17) is 4.74 Å². The predicted octanol–water partition coefficient (Wildman–Crippen LogP) is 2.72. The fourth-order valence-electron chi connectivity index (χ4n) is 3.27. The Morgan fingerprint density at radius 1 is 1.47 bits per heavy atom. The summed E-state index contributed by atoms with van der Waals surface area (Å²) in [6.45, 7) is 4.92. The maximum Gasteiger partial charge on any atom is 0.119 e. The lowest BCUT2D eigenvalue weighted by Gasteiger charge is -2.24. The lowest BCUT2D eigenvalue weighted by atomic mass is 10.1. The molecule has 0 bridgehead atoms. The van der Waals surface area contributed by atoms with Gasteiger partial charge >= 0.3 is 0 Å². The molecule has 0 radical (unpaired) electrons. The number of nitrogens with zero attached hydrogens (tertiary/aromatic N) is 1. The van der Waals surface area contributed by atoms with E-state index in [2.05, 4.69) is 30.0 Å². The van der Waals surface area contributed by atoms with Crippen LogP contribution in [0.15, 0.2) is 24.3 Å². The summed E-state index contributed by atoms with van der Waals surface area (Å²) in [7, 11) is 1.73. The van der Waals surface area contributed by atoms with E-state index >= 15 is 0 Å². The zero-order valence-electron chi connectivity index (χ0n) is 10.8. The smallest absolute Gasteiger partial charge is 0.119 e. The van der Waals surface area contributed by atoms with Crippen LogP contribution in [0.4, 0.5) is 0 Å². The molecular weight excluding hydrogens is 210 g/mol. The Bertz CT molecular complexity index is 415. The Kier molecular flexibility index (Phi) is 2.62. The van der Waals surface area contributed by atoms with Gasteiger partial charge in [0.2, 0.25) is 0 Å². The van der Waals surface area contributed by atoms with Gasteiger partial charge in [0.15, 0.2) is 0 Å². The zero-order chi connectivity index (χ0) is 11.9. The average molecular weight is 231 g/mol. The first-order chi connectivity index (χ1) is 8.22. The minimum absolute atomic E-state index is 0.554. The van der Waals surface area contributed by atoms with Gasteiger partial charge in [0, 0.05) is 12.1 Å². The quantitative estimate of drug-likeness (QED) is 0.790. The number of likely N-dealkylation sites (tertiary alicyclic amines) is 1. The number of methoxy groups -OCH3 is 1. The molecule has 2 fully saturated rings. The summed E-state index contributed by atoms with van der Waals surface area (Å²) in [5.41, 5.74) is 1.94. The van der Waals surface area contributed by atoms with E-state index in [0.717, 1.165) is 18.1 Å². The van der Waals surface area contributed by atoms with Crippen molar-refractivity contribution in [2.24, 2.45) is 5.92 Å². The van der Waals surface area contributed by atoms with Gasteiger partial charge in [-0.15, -0.1) is 0 Å². The number of ether oxygens (including phenoxy) is 1. The summed E-state index contributed by atoms with van der Waals surface area (Å²) in [6, 6.07) is 8.45. The molecule has 0 unspecified atom stereocenters. The van der Waals surface area contributed by atoms with Gasteiger partial charge in [0.1, 0.15) is 5.75 Å². The Labute approximate surface area is 104 Å². The summed E-state index contributed by atoms with van der Waals surface area (Å²) >= 11 is 0. The third kappa shape index (κ3) is 1.95. The number of benzene rings is 1. The van der Waals surface area contributed by atoms with Crippen LogP contribution in [0.5, 0.6) is 5.75 Å². The second kappa shape index (κ2) is 4.02. The van der Waals surface area contributed by atoms with Gasteiger partial charge in [0.05, 0.1) is 7.11 Å². The van der Waals surface area contributed by atoms with E-state index in [1.807, 2.05) is 6.07 Å². The summed E-state index contributed by atoms with van der Waals surface area (Å²) < 4.78 is 5.26. The largest absolute Gasteiger partial charge is 0.497 e. The molecule has 0 amide bonds. The standard InChI is InChI=1S/C15H21NO/c1-15-11-13(15)7-9-16(15)8-6-12-4-3-5-14(10-12)17-2/h3-5,10,13H,6-9,11H2,1-2H3/t13-,15+/m1/s1. The van der Waals surface area contributed by atoms with Crippen molar-refractivity contribution < 1.29 is 4.74 Å². The van der Waals surface area contributed by atoms with Crippen molar-refractivity contribution in [1.29, 1.82) is 0 Å². The molecule has 0 N–H and O–H groups in total. The van der Waals surface area contributed by atoms with Crippen molar-refractivity contribution in [3.8, 4) is 5.75 Å². The van der Waals surface area contributed by atoms with E-state index in [-0.39, 0.29) is 0 Å². The molecule has 1 saturated carbocycles. The van der Waals surface area contributed by atoms with Gasteiger partial charge in [-0.25, -0.2) is 0 Å². The molecule has 1 heterocycles. The summed E-state index contributed by atoms with van der Waals surface area (Å²) in [4.78, 5) is 2.68. The van der Waals surface area contributed by atoms with Crippen LogP contribution in [0, 0.1) is 5.92 Å². The number of rotatable bonds is 4. The van der Waals surface area contributed by atoms with Crippen LogP contribution in [0.2, 0.25) is 0 Å². The Balaban J connectivity index is 1.60. The molecule has 92 valence electrons. The minimum atomic E-state index is 0.554. The number of hydrogen-bond donors (Lipinski definition) is 0. The van der Waals surface area contributed by atoms with Crippen LogP contribution in [0.1, 0.15) is 25.3 Å². The normalized spacial score (nSPS) is 31.3. The molecule has 1 aromatic carbocycles. The Hall–Kier alpha value is -1.02. The van der Waals surface area contributed by atoms with Crippen LogP contribution in [0.25, 0.3) is 0 Å². The van der Waals surface area contributed by atoms with Crippen molar-refractivity contribution in [2.75, 3.05) is 20.2 Å². The van der Waals surface area contributed by atoms with E-state index in [1.165, 1.54) is 31.5 Å². The van der Waals surface area contributed by atoms with E-state index in [1.54, 1.807) is 7.11 Å². The van der Waals surface area contributed by atoms with E-state index in [0.29, 0.717) is 5.54 Å². The van der Waals surface area contributed by atoms with Crippen LogP contribution in [-0.2, 0) is 6.42 Å². The second-order valence-corrected chi connectivity index (χ2v) is 5.64. The highest BCUT2D eigenvalue weighted by Gasteiger charge is 2.57. The lowest BCUT2D eigenvalue weighted by molar-refractivity contribution is 0.228. The second-order valence-electron chi connectivity index (χ2n) is 5.64. The highest BCUT2D eigenvalue weighted by atomic mass is 16.5. The van der Waals surface area contributed by atoms with E-state index in [9.17, 15) is 0 Å². The fourth-order valence-corrected chi connectivity index (χ4v) is 3.27. The third-order valence-electron chi connectivity index (χ3n) is 4.65. The molecule has 2 atom stereocenters. The van der Waals surface area contributed by atoms with Crippen LogP contribution < -0.4 is 4.74 Å². The number of fused-ring (bicyclic) bond motifs is 1. The number of hydrogen-bond acceptors (Lipinski definition) is 2. The van der Waals surface area contributed by atoms with Gasteiger partial charge in [-0.05, 0) is 56.3 Å². The highest BCUT2D eigenvalue weighted by molar-refractivity contribution is 5.28. The first kappa shape index (κ1) is 11.1. The molecular formula is C15H21NO. The van der Waals surface area contributed by atoms with Gasteiger partial charge in [-0.2, -0.15) is 0 Å². The van der Waals surface area contributed by atoms with Crippen molar-refractivity contribution >= 4 is 0 Å². The fraction of sp³-hybridized carbons (Fsp3) is 0.600. The average Bonchev–Trinajstić information content (AvgIpc) is 2.92.